The van der Waals surface area contributed by atoms with Gasteiger partial charge in [-0.1, -0.05) is 44.0 Å². The van der Waals surface area contributed by atoms with Crippen molar-refractivity contribution in [1.82, 2.24) is 10.2 Å². The predicted octanol–water partition coefficient (Wildman–Crippen LogP) is 4.56. The SMILES string of the molecule is CCCOC1CCCN(C(=O)C(NC(=O)c2ccc(Cl)cc2Cl)C(C)C)CC1. The quantitative estimate of drug-likeness (QED) is 0.692. The smallest absolute Gasteiger partial charge is 0.253 e. The molecule has 1 aliphatic rings. The number of ether oxygens (including phenoxy) is 1. The number of halogens is 2. The van der Waals surface area contributed by atoms with E-state index in [0.29, 0.717) is 23.7 Å². The number of hydrogen-bond acceptors (Lipinski definition) is 3. The lowest BCUT2D eigenvalue weighted by Crippen LogP contribution is -2.51. The van der Waals surface area contributed by atoms with E-state index in [9.17, 15) is 9.59 Å². The monoisotopic (exact) mass is 428 g/mol. The third-order valence-corrected chi connectivity index (χ3v) is 5.49. The molecule has 0 saturated carbocycles. The normalized spacial score (nSPS) is 18.6. The minimum absolute atomic E-state index is 0.0436. The Balaban J connectivity index is 2.04. The number of carbonyl (C=O) groups excluding carboxylic acids is 2. The molecule has 1 aliphatic heterocycles. The van der Waals surface area contributed by atoms with Gasteiger partial charge in [-0.15, -0.1) is 0 Å². The fourth-order valence-electron chi connectivity index (χ4n) is 3.34. The highest BCUT2D eigenvalue weighted by atomic mass is 35.5. The second kappa shape index (κ2) is 11.0. The number of carbonyl (C=O) groups is 2. The largest absolute Gasteiger partial charge is 0.378 e. The zero-order valence-corrected chi connectivity index (χ0v) is 18.4. The van der Waals surface area contributed by atoms with Gasteiger partial charge in [0.15, 0.2) is 0 Å². The number of nitrogens with zero attached hydrogens (tertiary/aromatic N) is 1. The minimum atomic E-state index is -0.604. The molecular formula is C21H30Cl2N2O3. The van der Waals surface area contributed by atoms with E-state index in [0.717, 1.165) is 32.3 Å². The number of nitrogens with one attached hydrogen (secondary N) is 1. The van der Waals surface area contributed by atoms with Crippen LogP contribution in [-0.4, -0.2) is 48.6 Å². The standard InChI is InChI=1S/C21H30Cl2N2O3/c1-4-12-28-16-6-5-10-25(11-9-16)21(27)19(14(2)3)24-20(26)17-8-7-15(22)13-18(17)23/h7-8,13-14,16,19H,4-6,9-12H2,1-3H3,(H,24,26). The maximum atomic E-state index is 13.1. The molecule has 2 atom stereocenters. The van der Waals surface area contributed by atoms with E-state index in [1.54, 1.807) is 12.1 Å². The molecule has 156 valence electrons. The van der Waals surface area contributed by atoms with Crippen molar-refractivity contribution < 1.29 is 14.3 Å². The molecule has 1 N–H and O–H groups in total. The summed E-state index contributed by atoms with van der Waals surface area (Å²) in [6.07, 6.45) is 3.89. The van der Waals surface area contributed by atoms with Crippen molar-refractivity contribution in [2.45, 2.75) is 58.6 Å². The van der Waals surface area contributed by atoms with Gasteiger partial charge in [-0.2, -0.15) is 0 Å². The molecule has 1 heterocycles. The van der Waals surface area contributed by atoms with E-state index in [4.69, 9.17) is 27.9 Å². The molecule has 1 saturated heterocycles. The summed E-state index contributed by atoms with van der Waals surface area (Å²) >= 11 is 12.0. The molecule has 2 amide bonds. The van der Waals surface area contributed by atoms with Gasteiger partial charge in [-0.05, 0) is 49.8 Å². The number of amides is 2. The van der Waals surface area contributed by atoms with Crippen LogP contribution in [0.25, 0.3) is 0 Å². The van der Waals surface area contributed by atoms with Gasteiger partial charge in [0.25, 0.3) is 5.91 Å². The Morgan fingerprint density at radius 2 is 2.00 bits per heavy atom. The summed E-state index contributed by atoms with van der Waals surface area (Å²) in [5.74, 6) is -0.463. The first kappa shape index (κ1) is 23.0. The van der Waals surface area contributed by atoms with Crippen molar-refractivity contribution in [3.05, 3.63) is 33.8 Å². The second-order valence-corrected chi connectivity index (χ2v) is 8.41. The van der Waals surface area contributed by atoms with Crippen LogP contribution < -0.4 is 5.32 Å². The maximum Gasteiger partial charge on any atom is 0.253 e. The second-order valence-electron chi connectivity index (χ2n) is 7.57. The Bertz CT molecular complexity index is 682. The van der Waals surface area contributed by atoms with Gasteiger partial charge in [0.2, 0.25) is 5.91 Å². The molecule has 2 unspecified atom stereocenters. The molecule has 0 aromatic heterocycles. The van der Waals surface area contributed by atoms with Crippen LogP contribution in [0.15, 0.2) is 18.2 Å². The first-order valence-corrected chi connectivity index (χ1v) is 10.7. The van der Waals surface area contributed by atoms with E-state index >= 15 is 0 Å². The molecule has 1 fully saturated rings. The van der Waals surface area contributed by atoms with Crippen molar-refractivity contribution in [3.8, 4) is 0 Å². The van der Waals surface area contributed by atoms with Gasteiger partial charge in [-0.3, -0.25) is 9.59 Å². The molecule has 5 nitrogen and oxygen atoms in total. The molecule has 1 aromatic carbocycles. The van der Waals surface area contributed by atoms with Gasteiger partial charge in [0, 0.05) is 24.7 Å². The lowest BCUT2D eigenvalue weighted by Gasteiger charge is -2.29. The van der Waals surface area contributed by atoms with Gasteiger partial charge in [0.05, 0.1) is 16.7 Å². The first-order chi connectivity index (χ1) is 13.3. The summed E-state index contributed by atoms with van der Waals surface area (Å²) in [5, 5.41) is 3.60. The van der Waals surface area contributed by atoms with E-state index in [-0.39, 0.29) is 28.9 Å². The predicted molar refractivity (Wildman–Crippen MR) is 113 cm³/mol. The first-order valence-electron chi connectivity index (χ1n) is 9.99. The van der Waals surface area contributed by atoms with Crippen LogP contribution in [0.2, 0.25) is 10.0 Å². The summed E-state index contributed by atoms with van der Waals surface area (Å²) in [6, 6.07) is 4.10. The van der Waals surface area contributed by atoms with Crippen LogP contribution in [0.4, 0.5) is 0 Å². The van der Waals surface area contributed by atoms with Gasteiger partial charge in [-0.25, -0.2) is 0 Å². The molecule has 0 spiro atoms. The van der Waals surface area contributed by atoms with Crippen LogP contribution >= 0.6 is 23.2 Å². The Labute approximate surface area is 177 Å². The Hall–Kier alpha value is -1.30. The van der Waals surface area contributed by atoms with E-state index < -0.39 is 6.04 Å². The van der Waals surface area contributed by atoms with Crippen molar-refractivity contribution in [1.29, 1.82) is 0 Å². The summed E-state index contributed by atoms with van der Waals surface area (Å²) in [4.78, 5) is 27.7. The molecule has 0 bridgehead atoms. The highest BCUT2D eigenvalue weighted by Crippen LogP contribution is 2.22. The molecule has 28 heavy (non-hydrogen) atoms. The van der Waals surface area contributed by atoms with Crippen LogP contribution in [0.3, 0.4) is 0 Å². The topological polar surface area (TPSA) is 58.6 Å². The average Bonchev–Trinajstić information content (AvgIpc) is 2.89. The van der Waals surface area contributed by atoms with Crippen molar-refractivity contribution >= 4 is 35.0 Å². The summed E-state index contributed by atoms with van der Waals surface area (Å²) in [6.45, 7) is 8.04. The Morgan fingerprint density at radius 1 is 1.25 bits per heavy atom. The zero-order chi connectivity index (χ0) is 20.7. The maximum absolute atomic E-state index is 13.1. The number of hydrogen-bond donors (Lipinski definition) is 1. The Morgan fingerprint density at radius 3 is 2.64 bits per heavy atom. The number of benzene rings is 1. The minimum Gasteiger partial charge on any atom is -0.378 e. The number of rotatable bonds is 7. The zero-order valence-electron chi connectivity index (χ0n) is 16.8. The summed E-state index contributed by atoms with van der Waals surface area (Å²) in [5.41, 5.74) is 0.313. The van der Waals surface area contributed by atoms with E-state index in [2.05, 4.69) is 12.2 Å². The van der Waals surface area contributed by atoms with Crippen LogP contribution in [0.1, 0.15) is 56.8 Å². The van der Waals surface area contributed by atoms with Crippen LogP contribution in [-0.2, 0) is 9.53 Å². The third kappa shape index (κ3) is 6.36. The van der Waals surface area contributed by atoms with Crippen molar-refractivity contribution in [2.24, 2.45) is 5.92 Å². The van der Waals surface area contributed by atoms with E-state index in [1.807, 2.05) is 18.7 Å². The molecular weight excluding hydrogens is 399 g/mol. The molecule has 7 heteroatoms. The van der Waals surface area contributed by atoms with Gasteiger partial charge < -0.3 is 15.0 Å². The summed E-state index contributed by atoms with van der Waals surface area (Å²) in [7, 11) is 0. The molecule has 2 rings (SSSR count). The average molecular weight is 429 g/mol. The number of likely N-dealkylation sites (tertiary alicyclic amines) is 1. The van der Waals surface area contributed by atoms with E-state index in [1.165, 1.54) is 6.07 Å². The van der Waals surface area contributed by atoms with Crippen molar-refractivity contribution in [3.63, 3.8) is 0 Å². The van der Waals surface area contributed by atoms with Crippen molar-refractivity contribution in [2.75, 3.05) is 19.7 Å². The fourth-order valence-corrected chi connectivity index (χ4v) is 3.83. The van der Waals surface area contributed by atoms with Crippen LogP contribution in [0, 0.1) is 5.92 Å². The summed E-state index contributed by atoms with van der Waals surface area (Å²) < 4.78 is 5.86. The lowest BCUT2D eigenvalue weighted by atomic mass is 10.0. The highest BCUT2D eigenvalue weighted by Gasteiger charge is 2.31. The molecule has 0 radical (unpaired) electrons. The molecule has 0 aliphatic carbocycles. The lowest BCUT2D eigenvalue weighted by molar-refractivity contribution is -0.134. The fraction of sp³-hybridized carbons (Fsp3) is 0.619. The van der Waals surface area contributed by atoms with Gasteiger partial charge in [0.1, 0.15) is 6.04 Å². The highest BCUT2D eigenvalue weighted by molar-refractivity contribution is 6.36. The van der Waals surface area contributed by atoms with Crippen LogP contribution in [0.5, 0.6) is 0 Å². The van der Waals surface area contributed by atoms with Gasteiger partial charge >= 0.3 is 0 Å². The Kier molecular flexibility index (Phi) is 9.06. The molecule has 1 aromatic rings. The third-order valence-electron chi connectivity index (χ3n) is 4.94.